The van der Waals surface area contributed by atoms with Crippen LogP contribution >= 0.6 is 11.6 Å². The van der Waals surface area contributed by atoms with Crippen LogP contribution in [0.3, 0.4) is 0 Å². The summed E-state index contributed by atoms with van der Waals surface area (Å²) >= 11 is 6.05. The molecule has 1 aliphatic rings. The van der Waals surface area contributed by atoms with Crippen molar-refractivity contribution in [2.24, 2.45) is 0 Å². The van der Waals surface area contributed by atoms with Gasteiger partial charge < -0.3 is 10.1 Å². The molecule has 1 saturated heterocycles. The van der Waals surface area contributed by atoms with Crippen molar-refractivity contribution < 1.29 is 17.9 Å². The normalized spacial score (nSPS) is 15.8. The Morgan fingerprint density at radius 3 is 2.68 bits per heavy atom. The van der Waals surface area contributed by atoms with Crippen LogP contribution in [0.25, 0.3) is 0 Å². The van der Waals surface area contributed by atoms with Crippen molar-refractivity contribution in [2.45, 2.75) is 6.42 Å². The van der Waals surface area contributed by atoms with Crippen LogP contribution in [0.2, 0.25) is 5.02 Å². The van der Waals surface area contributed by atoms with E-state index in [0.717, 1.165) is 0 Å². The minimum Gasteiger partial charge on any atom is -0.495 e. The molecule has 1 heterocycles. The van der Waals surface area contributed by atoms with Gasteiger partial charge in [0.15, 0.2) is 0 Å². The van der Waals surface area contributed by atoms with Gasteiger partial charge >= 0.3 is 0 Å². The van der Waals surface area contributed by atoms with Crippen molar-refractivity contribution in [3.63, 3.8) is 0 Å². The third-order valence-electron chi connectivity index (χ3n) is 3.91. The second-order valence-corrected chi connectivity index (χ2v) is 8.02. The topological polar surface area (TPSA) is 75.7 Å². The summed E-state index contributed by atoms with van der Waals surface area (Å²) in [7, 11) is -1.77. The zero-order chi connectivity index (χ0) is 18.0. The molecule has 0 radical (unpaired) electrons. The maximum absolute atomic E-state index is 12.5. The molecular formula is C17H17ClN2O4S. The largest absolute Gasteiger partial charge is 0.495 e. The van der Waals surface area contributed by atoms with Crippen molar-refractivity contribution in [2.75, 3.05) is 29.0 Å². The minimum absolute atomic E-state index is 0.133. The molecule has 0 bridgehead atoms. The molecule has 0 aliphatic carbocycles. The third-order valence-corrected chi connectivity index (χ3v) is 6.07. The highest BCUT2D eigenvalue weighted by Crippen LogP contribution is 2.28. The fourth-order valence-electron chi connectivity index (χ4n) is 2.68. The molecule has 25 heavy (non-hydrogen) atoms. The van der Waals surface area contributed by atoms with Crippen molar-refractivity contribution >= 4 is 38.9 Å². The number of amides is 1. The van der Waals surface area contributed by atoms with Gasteiger partial charge in [-0.1, -0.05) is 17.7 Å². The van der Waals surface area contributed by atoms with Crippen molar-refractivity contribution in [3.05, 3.63) is 53.1 Å². The van der Waals surface area contributed by atoms with Gasteiger partial charge in [0.05, 0.1) is 23.6 Å². The zero-order valence-electron chi connectivity index (χ0n) is 13.5. The number of hydrogen-bond donors (Lipinski definition) is 1. The number of nitrogens with one attached hydrogen (secondary N) is 1. The number of sulfonamides is 1. The summed E-state index contributed by atoms with van der Waals surface area (Å²) in [5, 5.41) is 3.13. The van der Waals surface area contributed by atoms with Gasteiger partial charge in [0.2, 0.25) is 10.0 Å². The Labute approximate surface area is 151 Å². The number of rotatable bonds is 4. The summed E-state index contributed by atoms with van der Waals surface area (Å²) in [4.78, 5) is 12.5. The Bertz CT molecular complexity index is 915. The number of carbonyl (C=O) groups excluding carboxylic acids is 1. The van der Waals surface area contributed by atoms with E-state index in [9.17, 15) is 13.2 Å². The third kappa shape index (κ3) is 3.72. The Morgan fingerprint density at radius 1 is 1.24 bits per heavy atom. The van der Waals surface area contributed by atoms with E-state index in [1.807, 2.05) is 0 Å². The van der Waals surface area contributed by atoms with Gasteiger partial charge in [-0.15, -0.1) is 0 Å². The van der Waals surface area contributed by atoms with E-state index in [1.165, 1.54) is 11.4 Å². The molecule has 1 fully saturated rings. The molecule has 2 aromatic rings. The molecule has 0 spiro atoms. The van der Waals surface area contributed by atoms with Crippen LogP contribution in [0.15, 0.2) is 42.5 Å². The first kappa shape index (κ1) is 17.6. The summed E-state index contributed by atoms with van der Waals surface area (Å²) in [6.07, 6.45) is 0.586. The number of methoxy groups -OCH3 is 1. The quantitative estimate of drug-likeness (QED) is 0.884. The second kappa shape index (κ2) is 6.93. The highest BCUT2D eigenvalue weighted by atomic mass is 35.5. The first-order valence-electron chi connectivity index (χ1n) is 7.66. The molecule has 132 valence electrons. The fraction of sp³-hybridized carbons (Fsp3) is 0.235. The van der Waals surface area contributed by atoms with Crippen LogP contribution in [-0.4, -0.2) is 33.7 Å². The van der Waals surface area contributed by atoms with Gasteiger partial charge in [0.25, 0.3) is 5.91 Å². The summed E-state index contributed by atoms with van der Waals surface area (Å²) < 4.78 is 30.5. The van der Waals surface area contributed by atoms with E-state index in [2.05, 4.69) is 5.32 Å². The van der Waals surface area contributed by atoms with Crippen molar-refractivity contribution in [1.29, 1.82) is 0 Å². The number of ether oxygens (including phenoxy) is 1. The van der Waals surface area contributed by atoms with Gasteiger partial charge in [-0.05, 0) is 42.8 Å². The number of halogens is 1. The Hall–Kier alpha value is -2.25. The molecule has 3 rings (SSSR count). The van der Waals surface area contributed by atoms with Crippen LogP contribution in [0, 0.1) is 0 Å². The highest BCUT2D eigenvalue weighted by molar-refractivity contribution is 7.93. The van der Waals surface area contributed by atoms with Crippen LogP contribution in [-0.2, 0) is 10.0 Å². The van der Waals surface area contributed by atoms with E-state index in [4.69, 9.17) is 16.3 Å². The number of benzene rings is 2. The smallest absolute Gasteiger partial charge is 0.255 e. The van der Waals surface area contributed by atoms with E-state index in [-0.39, 0.29) is 11.7 Å². The van der Waals surface area contributed by atoms with Crippen LogP contribution in [0.5, 0.6) is 5.75 Å². The maximum atomic E-state index is 12.5. The predicted octanol–water partition coefficient (Wildman–Crippen LogP) is 3.14. The lowest BCUT2D eigenvalue weighted by Gasteiger charge is -2.17. The first-order chi connectivity index (χ1) is 11.9. The number of anilines is 2. The Morgan fingerprint density at radius 2 is 2.04 bits per heavy atom. The minimum atomic E-state index is -3.28. The van der Waals surface area contributed by atoms with E-state index >= 15 is 0 Å². The summed E-state index contributed by atoms with van der Waals surface area (Å²) in [5.74, 6) is 0.300. The van der Waals surface area contributed by atoms with Crippen LogP contribution < -0.4 is 14.4 Å². The lowest BCUT2D eigenvalue weighted by atomic mass is 10.1. The van der Waals surface area contributed by atoms with Crippen molar-refractivity contribution in [1.82, 2.24) is 0 Å². The standard InChI is InChI=1S/C17H17ClN2O4S/c1-24-16-7-6-13(11-15(16)18)19-17(21)12-4-2-5-14(10-12)20-8-3-9-25(20,22)23/h2,4-7,10-11H,3,8-9H2,1H3,(H,19,21). The lowest BCUT2D eigenvalue weighted by molar-refractivity contribution is 0.102. The average molecular weight is 381 g/mol. The maximum Gasteiger partial charge on any atom is 0.255 e. The second-order valence-electron chi connectivity index (χ2n) is 5.60. The molecule has 6 nitrogen and oxygen atoms in total. The molecule has 0 unspecified atom stereocenters. The van der Waals surface area contributed by atoms with E-state index in [1.54, 1.807) is 42.5 Å². The van der Waals surface area contributed by atoms with E-state index < -0.39 is 10.0 Å². The molecule has 0 atom stereocenters. The fourth-order valence-corrected chi connectivity index (χ4v) is 4.49. The summed E-state index contributed by atoms with van der Waals surface area (Å²) in [5.41, 5.74) is 1.39. The van der Waals surface area contributed by atoms with Gasteiger partial charge in [0, 0.05) is 17.8 Å². The lowest BCUT2D eigenvalue weighted by Crippen LogP contribution is -2.25. The Kier molecular flexibility index (Phi) is 4.87. The van der Waals surface area contributed by atoms with Crippen LogP contribution in [0.4, 0.5) is 11.4 Å². The molecule has 0 aromatic heterocycles. The Balaban J connectivity index is 1.81. The number of hydrogen-bond acceptors (Lipinski definition) is 4. The first-order valence-corrected chi connectivity index (χ1v) is 9.65. The highest BCUT2D eigenvalue weighted by Gasteiger charge is 2.28. The number of carbonyl (C=O) groups is 1. The SMILES string of the molecule is COc1ccc(NC(=O)c2cccc(N3CCCS3(=O)=O)c2)cc1Cl. The van der Waals surface area contributed by atoms with E-state index in [0.29, 0.717) is 40.7 Å². The number of nitrogens with zero attached hydrogens (tertiary/aromatic N) is 1. The molecular weight excluding hydrogens is 364 g/mol. The van der Waals surface area contributed by atoms with Crippen molar-refractivity contribution in [3.8, 4) is 5.75 Å². The molecule has 1 N–H and O–H groups in total. The molecule has 1 amide bonds. The monoisotopic (exact) mass is 380 g/mol. The van der Waals surface area contributed by atoms with Crippen LogP contribution in [0.1, 0.15) is 16.8 Å². The van der Waals surface area contributed by atoms with Gasteiger partial charge in [-0.25, -0.2) is 8.42 Å². The molecule has 0 saturated carbocycles. The molecule has 8 heteroatoms. The van der Waals surface area contributed by atoms with Gasteiger partial charge in [0.1, 0.15) is 5.75 Å². The average Bonchev–Trinajstić information content (AvgIpc) is 2.94. The summed E-state index contributed by atoms with van der Waals surface area (Å²) in [6, 6.07) is 11.5. The predicted molar refractivity (Wildman–Crippen MR) is 98.1 cm³/mol. The molecule has 2 aromatic carbocycles. The summed E-state index contributed by atoms with van der Waals surface area (Å²) in [6.45, 7) is 0.432. The zero-order valence-corrected chi connectivity index (χ0v) is 15.1. The van der Waals surface area contributed by atoms with Gasteiger partial charge in [-0.2, -0.15) is 0 Å². The molecule has 1 aliphatic heterocycles. The van der Waals surface area contributed by atoms with Gasteiger partial charge in [-0.3, -0.25) is 9.10 Å².